The number of hydrogen-bond donors (Lipinski definition) is 1. The molecule has 102 valence electrons. The summed E-state index contributed by atoms with van der Waals surface area (Å²) in [4.78, 5) is 12.0. The molecule has 1 fully saturated rings. The van der Waals surface area contributed by atoms with Gasteiger partial charge in [0, 0.05) is 11.3 Å². The number of rotatable bonds is 5. The minimum absolute atomic E-state index is 0.0755. The molecule has 1 rings (SSSR count). The molecule has 0 radical (unpaired) electrons. The molecule has 4 heteroatoms. The lowest BCUT2D eigenvalue weighted by Crippen LogP contribution is -2.44. The van der Waals surface area contributed by atoms with Gasteiger partial charge < -0.3 is 5.32 Å². The average molecular weight is 268 g/mol. The second-order valence-electron chi connectivity index (χ2n) is 5.52. The van der Waals surface area contributed by atoms with Gasteiger partial charge in [0.05, 0.1) is 6.07 Å². The smallest absolute Gasteiger partial charge is 0.237 e. The Morgan fingerprint density at radius 2 is 2.00 bits per heavy atom. The monoisotopic (exact) mass is 268 g/mol. The summed E-state index contributed by atoms with van der Waals surface area (Å²) in [5, 5.41) is 12.0. The predicted molar refractivity (Wildman–Crippen MR) is 76.3 cm³/mol. The average Bonchev–Trinajstić information content (AvgIpc) is 2.38. The van der Waals surface area contributed by atoms with E-state index in [0.29, 0.717) is 6.54 Å². The number of carbonyl (C=O) groups is 1. The lowest BCUT2D eigenvalue weighted by Gasteiger charge is -2.36. The number of nitrogens with zero attached hydrogens (tertiary/aromatic N) is 1. The number of carbonyl (C=O) groups excluding carboxylic acids is 1. The first-order valence-corrected chi connectivity index (χ1v) is 7.99. The maximum Gasteiger partial charge on any atom is 0.237 e. The van der Waals surface area contributed by atoms with Crippen LogP contribution in [0.3, 0.4) is 0 Å². The molecule has 18 heavy (non-hydrogen) atoms. The van der Waals surface area contributed by atoms with Crippen molar-refractivity contribution in [1.82, 2.24) is 5.32 Å². The molecule has 0 heterocycles. The van der Waals surface area contributed by atoms with E-state index < -0.39 is 5.92 Å². The lowest BCUT2D eigenvalue weighted by atomic mass is 9.88. The third-order valence-corrected chi connectivity index (χ3v) is 5.29. The van der Waals surface area contributed by atoms with Gasteiger partial charge in [0.15, 0.2) is 0 Å². The van der Waals surface area contributed by atoms with Gasteiger partial charge in [-0.3, -0.25) is 4.79 Å². The first kappa shape index (κ1) is 15.4. The molecule has 1 atom stereocenters. The van der Waals surface area contributed by atoms with E-state index in [1.165, 1.54) is 32.1 Å². The van der Waals surface area contributed by atoms with Crippen LogP contribution in [0.2, 0.25) is 0 Å². The molecule has 1 aliphatic carbocycles. The Morgan fingerprint density at radius 3 is 2.44 bits per heavy atom. The van der Waals surface area contributed by atoms with Gasteiger partial charge >= 0.3 is 0 Å². The van der Waals surface area contributed by atoms with Crippen molar-refractivity contribution in [2.45, 2.75) is 50.7 Å². The Labute approximate surface area is 115 Å². The third kappa shape index (κ3) is 3.91. The fourth-order valence-electron chi connectivity index (χ4n) is 2.52. The number of nitriles is 1. The zero-order chi connectivity index (χ0) is 13.6. The summed E-state index contributed by atoms with van der Waals surface area (Å²) in [6, 6.07) is 2.10. The molecule has 1 saturated carbocycles. The van der Waals surface area contributed by atoms with E-state index in [2.05, 4.69) is 17.6 Å². The van der Waals surface area contributed by atoms with Crippen molar-refractivity contribution in [3.05, 3.63) is 0 Å². The Hall–Kier alpha value is -0.690. The molecule has 1 aliphatic rings. The fraction of sp³-hybridized carbons (Fsp3) is 0.857. The summed E-state index contributed by atoms with van der Waals surface area (Å²) in [5.74, 6) is -0.550. The normalized spacial score (nSPS) is 20.2. The Kier molecular flexibility index (Phi) is 6.01. The van der Waals surface area contributed by atoms with E-state index in [1.807, 2.05) is 25.6 Å². The van der Waals surface area contributed by atoms with E-state index in [-0.39, 0.29) is 16.6 Å². The van der Waals surface area contributed by atoms with E-state index in [1.54, 1.807) is 0 Å². The Morgan fingerprint density at radius 1 is 1.39 bits per heavy atom. The van der Waals surface area contributed by atoms with Gasteiger partial charge in [-0.25, -0.2) is 0 Å². The highest BCUT2D eigenvalue weighted by Crippen LogP contribution is 2.38. The molecule has 0 aromatic carbocycles. The van der Waals surface area contributed by atoms with Crippen LogP contribution in [0.1, 0.15) is 46.0 Å². The zero-order valence-corrected chi connectivity index (χ0v) is 12.5. The van der Waals surface area contributed by atoms with Crippen LogP contribution in [0, 0.1) is 23.2 Å². The number of nitrogens with one attached hydrogen (secondary N) is 1. The molecule has 1 N–H and O–H groups in total. The highest BCUT2D eigenvalue weighted by molar-refractivity contribution is 8.00. The van der Waals surface area contributed by atoms with E-state index in [4.69, 9.17) is 5.26 Å². The van der Waals surface area contributed by atoms with Gasteiger partial charge in [0.25, 0.3) is 0 Å². The molecule has 0 aromatic rings. The van der Waals surface area contributed by atoms with E-state index in [9.17, 15) is 4.79 Å². The maximum atomic E-state index is 12.0. The Bertz CT molecular complexity index is 316. The maximum absolute atomic E-state index is 12.0. The summed E-state index contributed by atoms with van der Waals surface area (Å²) in [5.41, 5.74) is 0. The molecular formula is C14H24N2OS. The van der Waals surface area contributed by atoms with Crippen molar-refractivity contribution in [2.24, 2.45) is 11.8 Å². The summed E-state index contributed by atoms with van der Waals surface area (Å²) >= 11 is 1.87. The second kappa shape index (κ2) is 7.04. The van der Waals surface area contributed by atoms with Crippen LogP contribution < -0.4 is 5.32 Å². The largest absolute Gasteiger partial charge is 0.354 e. The Balaban J connectivity index is 2.52. The molecule has 0 saturated heterocycles. The van der Waals surface area contributed by atoms with E-state index in [0.717, 1.165) is 0 Å². The number of amides is 1. The summed E-state index contributed by atoms with van der Waals surface area (Å²) in [6.45, 7) is 4.54. The number of hydrogen-bond acceptors (Lipinski definition) is 3. The van der Waals surface area contributed by atoms with E-state index >= 15 is 0 Å². The van der Waals surface area contributed by atoms with Gasteiger partial charge in [-0.15, -0.1) is 0 Å². The predicted octanol–water partition coefficient (Wildman–Crippen LogP) is 2.96. The topological polar surface area (TPSA) is 52.9 Å². The van der Waals surface area contributed by atoms with Gasteiger partial charge in [-0.2, -0.15) is 17.0 Å². The minimum Gasteiger partial charge on any atom is -0.354 e. The van der Waals surface area contributed by atoms with Gasteiger partial charge in [-0.05, 0) is 25.0 Å². The number of thioether (sulfide) groups is 1. The van der Waals surface area contributed by atoms with Crippen LogP contribution in [0.25, 0.3) is 0 Å². The summed E-state index contributed by atoms with van der Waals surface area (Å²) in [7, 11) is 0. The van der Waals surface area contributed by atoms with Crippen LogP contribution in [-0.2, 0) is 4.79 Å². The highest BCUT2D eigenvalue weighted by atomic mass is 32.2. The third-order valence-electron chi connectivity index (χ3n) is 3.87. The molecule has 0 bridgehead atoms. The van der Waals surface area contributed by atoms with Gasteiger partial charge in [-0.1, -0.05) is 33.1 Å². The first-order chi connectivity index (χ1) is 8.54. The van der Waals surface area contributed by atoms with Gasteiger partial charge in [0.2, 0.25) is 5.91 Å². The molecule has 3 nitrogen and oxygen atoms in total. The lowest BCUT2D eigenvalue weighted by molar-refractivity contribution is -0.124. The van der Waals surface area contributed by atoms with Gasteiger partial charge in [0.1, 0.15) is 5.92 Å². The molecule has 0 aromatic heterocycles. The molecule has 1 amide bonds. The molecule has 0 aliphatic heterocycles. The molecular weight excluding hydrogens is 244 g/mol. The summed E-state index contributed by atoms with van der Waals surface area (Å²) in [6.07, 6.45) is 8.29. The van der Waals surface area contributed by atoms with Crippen molar-refractivity contribution in [2.75, 3.05) is 12.8 Å². The first-order valence-electron chi connectivity index (χ1n) is 6.77. The second-order valence-corrected chi connectivity index (χ2v) is 6.79. The molecule has 1 unspecified atom stereocenters. The van der Waals surface area contributed by atoms with Crippen molar-refractivity contribution in [3.8, 4) is 6.07 Å². The van der Waals surface area contributed by atoms with Crippen molar-refractivity contribution in [3.63, 3.8) is 0 Å². The minimum atomic E-state index is -0.521. The van der Waals surface area contributed by atoms with Crippen molar-refractivity contribution < 1.29 is 4.79 Å². The van der Waals surface area contributed by atoms with Crippen LogP contribution >= 0.6 is 11.8 Å². The fourth-order valence-corrected chi connectivity index (χ4v) is 3.43. The van der Waals surface area contributed by atoms with Crippen LogP contribution in [0.4, 0.5) is 0 Å². The van der Waals surface area contributed by atoms with Crippen molar-refractivity contribution in [1.29, 1.82) is 5.26 Å². The van der Waals surface area contributed by atoms with Crippen LogP contribution in [-0.4, -0.2) is 23.5 Å². The van der Waals surface area contributed by atoms with Crippen LogP contribution in [0.5, 0.6) is 0 Å². The highest BCUT2D eigenvalue weighted by Gasteiger charge is 2.32. The SMILES string of the molecule is CSC1(CNC(=O)C(C#N)C(C)C)CCCCC1. The summed E-state index contributed by atoms with van der Waals surface area (Å²) < 4.78 is 0.199. The van der Waals surface area contributed by atoms with Crippen LogP contribution in [0.15, 0.2) is 0 Å². The standard InChI is InChI=1S/C14H24N2OS/c1-11(2)12(9-15)13(17)16-10-14(18-3)7-5-4-6-8-14/h11-12H,4-8,10H2,1-3H3,(H,16,17). The van der Waals surface area contributed by atoms with Crippen molar-refractivity contribution >= 4 is 17.7 Å². The quantitative estimate of drug-likeness (QED) is 0.834. The molecule has 0 spiro atoms. The zero-order valence-electron chi connectivity index (χ0n) is 11.7.